The number of anilines is 2. The van der Waals surface area contributed by atoms with E-state index in [-0.39, 0.29) is 0 Å². The molecule has 2 saturated heterocycles. The van der Waals surface area contributed by atoms with E-state index >= 15 is 0 Å². The molecule has 1 aromatic carbocycles. The molecule has 2 unspecified atom stereocenters. The van der Waals surface area contributed by atoms with Crippen LogP contribution in [0.25, 0.3) is 0 Å². The SMILES string of the molecule is CCOc1cc(N2CCC3CCC(C2)N3C)ccc1N. The smallest absolute Gasteiger partial charge is 0.144 e. The van der Waals surface area contributed by atoms with Crippen molar-refractivity contribution in [2.75, 3.05) is 37.4 Å². The van der Waals surface area contributed by atoms with Crippen LogP contribution in [0.5, 0.6) is 5.75 Å². The van der Waals surface area contributed by atoms with Gasteiger partial charge >= 0.3 is 0 Å². The van der Waals surface area contributed by atoms with Gasteiger partial charge in [-0.2, -0.15) is 0 Å². The molecule has 2 bridgehead atoms. The molecule has 110 valence electrons. The molecule has 2 atom stereocenters. The highest BCUT2D eigenvalue weighted by atomic mass is 16.5. The van der Waals surface area contributed by atoms with Crippen molar-refractivity contribution in [1.29, 1.82) is 0 Å². The maximum absolute atomic E-state index is 5.97. The van der Waals surface area contributed by atoms with Crippen LogP contribution >= 0.6 is 0 Å². The van der Waals surface area contributed by atoms with E-state index in [4.69, 9.17) is 10.5 Å². The summed E-state index contributed by atoms with van der Waals surface area (Å²) in [5.41, 5.74) is 7.93. The summed E-state index contributed by atoms with van der Waals surface area (Å²) in [5.74, 6) is 0.813. The van der Waals surface area contributed by atoms with Gasteiger partial charge in [-0.25, -0.2) is 0 Å². The van der Waals surface area contributed by atoms with E-state index in [1.54, 1.807) is 0 Å². The minimum Gasteiger partial charge on any atom is -0.492 e. The van der Waals surface area contributed by atoms with Crippen molar-refractivity contribution in [2.45, 2.75) is 38.3 Å². The molecule has 2 N–H and O–H groups in total. The molecule has 2 heterocycles. The Morgan fingerprint density at radius 1 is 1.25 bits per heavy atom. The second-order valence-electron chi connectivity index (χ2n) is 5.94. The van der Waals surface area contributed by atoms with Crippen LogP contribution in [0.2, 0.25) is 0 Å². The van der Waals surface area contributed by atoms with Crippen LogP contribution in [-0.4, -0.2) is 43.7 Å². The Bertz CT molecular complexity index is 477. The lowest BCUT2D eigenvalue weighted by atomic mass is 10.1. The average Bonchev–Trinajstić information content (AvgIpc) is 2.67. The summed E-state index contributed by atoms with van der Waals surface area (Å²) in [5, 5.41) is 0. The highest BCUT2D eigenvalue weighted by Crippen LogP contribution is 2.33. The van der Waals surface area contributed by atoms with Crippen molar-refractivity contribution in [2.24, 2.45) is 0 Å². The van der Waals surface area contributed by atoms with Gasteiger partial charge in [-0.3, -0.25) is 4.90 Å². The summed E-state index contributed by atoms with van der Waals surface area (Å²) in [4.78, 5) is 5.06. The van der Waals surface area contributed by atoms with Crippen molar-refractivity contribution >= 4 is 11.4 Å². The third-order valence-electron chi connectivity index (χ3n) is 4.81. The molecule has 0 spiro atoms. The van der Waals surface area contributed by atoms with Crippen LogP contribution in [0, 0.1) is 0 Å². The molecule has 2 fully saturated rings. The van der Waals surface area contributed by atoms with Gasteiger partial charge in [-0.15, -0.1) is 0 Å². The second-order valence-corrected chi connectivity index (χ2v) is 5.94. The van der Waals surface area contributed by atoms with E-state index in [1.807, 2.05) is 13.0 Å². The molecule has 1 aromatic rings. The lowest BCUT2D eigenvalue weighted by molar-refractivity contribution is 0.254. The van der Waals surface area contributed by atoms with Crippen molar-refractivity contribution in [3.63, 3.8) is 0 Å². The molecule has 0 saturated carbocycles. The first kappa shape index (κ1) is 13.6. The number of hydrogen-bond acceptors (Lipinski definition) is 4. The predicted molar refractivity (Wildman–Crippen MR) is 83.4 cm³/mol. The largest absolute Gasteiger partial charge is 0.492 e. The quantitative estimate of drug-likeness (QED) is 0.860. The number of nitrogens with zero attached hydrogens (tertiary/aromatic N) is 2. The first-order valence-corrected chi connectivity index (χ1v) is 7.68. The average molecular weight is 275 g/mol. The second kappa shape index (κ2) is 5.52. The molecule has 4 nitrogen and oxygen atoms in total. The van der Waals surface area contributed by atoms with Crippen LogP contribution < -0.4 is 15.4 Å². The Morgan fingerprint density at radius 3 is 2.85 bits per heavy atom. The van der Waals surface area contributed by atoms with Crippen molar-refractivity contribution in [3.8, 4) is 5.75 Å². The van der Waals surface area contributed by atoms with Gasteiger partial charge < -0.3 is 15.4 Å². The topological polar surface area (TPSA) is 41.7 Å². The standard InChI is InChI=1S/C16H25N3O/c1-3-20-16-10-13(6-7-15(16)17)19-9-8-12-4-5-14(11-19)18(12)2/h6-7,10,12,14H,3-5,8-9,11,17H2,1-2H3. The number of likely N-dealkylation sites (N-methyl/N-ethyl adjacent to an activating group) is 1. The molecule has 0 aliphatic carbocycles. The lowest BCUT2D eigenvalue weighted by Crippen LogP contribution is -2.36. The highest BCUT2D eigenvalue weighted by Gasteiger charge is 2.34. The maximum Gasteiger partial charge on any atom is 0.144 e. The number of hydrogen-bond donors (Lipinski definition) is 1. The number of nitrogens with two attached hydrogens (primary N) is 1. The van der Waals surface area contributed by atoms with Crippen molar-refractivity contribution in [3.05, 3.63) is 18.2 Å². The Kier molecular flexibility index (Phi) is 3.74. The Hall–Kier alpha value is -1.42. The van der Waals surface area contributed by atoms with Gasteiger partial charge in [0.25, 0.3) is 0 Å². The monoisotopic (exact) mass is 275 g/mol. The van der Waals surface area contributed by atoms with Crippen LogP contribution in [0.15, 0.2) is 18.2 Å². The van der Waals surface area contributed by atoms with Crippen molar-refractivity contribution < 1.29 is 4.74 Å². The van der Waals surface area contributed by atoms with Gasteiger partial charge in [-0.1, -0.05) is 0 Å². The third kappa shape index (κ3) is 2.44. The Balaban J connectivity index is 1.80. The molecular weight excluding hydrogens is 250 g/mol. The summed E-state index contributed by atoms with van der Waals surface area (Å²) >= 11 is 0. The zero-order valence-electron chi connectivity index (χ0n) is 12.5. The molecule has 0 aromatic heterocycles. The van der Waals surface area contributed by atoms with Crippen LogP contribution in [0.1, 0.15) is 26.2 Å². The normalized spacial score (nSPS) is 26.6. The Labute approximate surface area is 121 Å². The number of nitrogen functional groups attached to an aromatic ring is 1. The third-order valence-corrected chi connectivity index (χ3v) is 4.81. The first-order chi connectivity index (χ1) is 9.69. The van der Waals surface area contributed by atoms with E-state index in [2.05, 4.69) is 29.0 Å². The zero-order chi connectivity index (χ0) is 14.1. The molecule has 0 amide bonds. The molecule has 2 aliphatic heterocycles. The van der Waals surface area contributed by atoms with E-state index < -0.39 is 0 Å². The predicted octanol–water partition coefficient (Wildman–Crippen LogP) is 2.34. The fourth-order valence-corrected chi connectivity index (χ4v) is 3.54. The van der Waals surface area contributed by atoms with Crippen LogP contribution in [-0.2, 0) is 0 Å². The van der Waals surface area contributed by atoms with Gasteiger partial charge in [0.2, 0.25) is 0 Å². The van der Waals surface area contributed by atoms with Gasteiger partial charge in [0.1, 0.15) is 5.75 Å². The molecule has 0 radical (unpaired) electrons. The number of ether oxygens (including phenoxy) is 1. The Morgan fingerprint density at radius 2 is 2.05 bits per heavy atom. The van der Waals surface area contributed by atoms with E-state index in [0.29, 0.717) is 12.6 Å². The van der Waals surface area contributed by atoms with E-state index in [0.717, 1.165) is 30.6 Å². The first-order valence-electron chi connectivity index (χ1n) is 7.68. The van der Waals surface area contributed by atoms with Gasteiger partial charge in [0.15, 0.2) is 0 Å². The maximum atomic E-state index is 5.97. The van der Waals surface area contributed by atoms with Crippen LogP contribution in [0.3, 0.4) is 0 Å². The summed E-state index contributed by atoms with van der Waals surface area (Å²) in [6.45, 7) is 4.89. The molecule has 4 heteroatoms. The van der Waals surface area contributed by atoms with Crippen molar-refractivity contribution in [1.82, 2.24) is 4.90 Å². The summed E-state index contributed by atoms with van der Waals surface area (Å²) in [7, 11) is 2.28. The van der Waals surface area contributed by atoms with Gasteiger partial charge in [-0.05, 0) is 45.4 Å². The number of rotatable bonds is 3. The number of fused-ring (bicyclic) bond motifs is 2. The van der Waals surface area contributed by atoms with E-state index in [1.165, 1.54) is 24.9 Å². The summed E-state index contributed by atoms with van der Waals surface area (Å²) in [6, 6.07) is 7.64. The molecule has 20 heavy (non-hydrogen) atoms. The molecule has 3 rings (SSSR count). The summed E-state index contributed by atoms with van der Waals surface area (Å²) < 4.78 is 5.62. The zero-order valence-corrected chi connectivity index (χ0v) is 12.5. The lowest BCUT2D eigenvalue weighted by Gasteiger charge is -2.28. The van der Waals surface area contributed by atoms with Crippen LogP contribution in [0.4, 0.5) is 11.4 Å². The molecular formula is C16H25N3O. The minimum atomic E-state index is 0.654. The fraction of sp³-hybridized carbons (Fsp3) is 0.625. The minimum absolute atomic E-state index is 0.654. The fourth-order valence-electron chi connectivity index (χ4n) is 3.54. The number of benzene rings is 1. The molecule has 2 aliphatic rings. The highest BCUT2D eigenvalue weighted by molar-refractivity contribution is 5.62. The summed E-state index contributed by atoms with van der Waals surface area (Å²) in [6.07, 6.45) is 3.94. The van der Waals surface area contributed by atoms with Gasteiger partial charge in [0.05, 0.1) is 12.3 Å². The van der Waals surface area contributed by atoms with E-state index in [9.17, 15) is 0 Å². The van der Waals surface area contributed by atoms with Gasteiger partial charge in [0, 0.05) is 36.9 Å².